The lowest BCUT2D eigenvalue weighted by molar-refractivity contribution is -0.119. The maximum absolute atomic E-state index is 11.9. The lowest BCUT2D eigenvalue weighted by Gasteiger charge is -2.23. The Morgan fingerprint density at radius 3 is 2.80 bits per heavy atom. The molecule has 134 valence electrons. The van der Waals surface area contributed by atoms with Crippen LogP contribution in [0.15, 0.2) is 33.9 Å². The Morgan fingerprint density at radius 1 is 1.28 bits per heavy atom. The van der Waals surface area contributed by atoms with Crippen LogP contribution < -0.4 is 14.8 Å². The Bertz CT molecular complexity index is 717. The molecule has 0 fully saturated rings. The number of hydrogen-bond acceptors (Lipinski definition) is 7. The molecule has 0 bridgehead atoms. The van der Waals surface area contributed by atoms with Crippen LogP contribution >= 0.6 is 11.8 Å². The molecular formula is C17H21N3O4S. The van der Waals surface area contributed by atoms with Crippen molar-refractivity contribution in [2.24, 2.45) is 0 Å². The van der Waals surface area contributed by atoms with E-state index in [4.69, 9.17) is 13.9 Å². The topological polar surface area (TPSA) is 86.5 Å². The molecule has 1 aliphatic heterocycles. The molecule has 1 aliphatic rings. The van der Waals surface area contributed by atoms with Crippen LogP contribution in [0, 0.1) is 0 Å². The fourth-order valence-electron chi connectivity index (χ4n) is 2.44. The number of nitrogens with zero attached hydrogens (tertiary/aromatic N) is 2. The van der Waals surface area contributed by atoms with Crippen molar-refractivity contribution >= 4 is 17.7 Å². The van der Waals surface area contributed by atoms with Gasteiger partial charge in [0.25, 0.3) is 11.1 Å². The first kappa shape index (κ1) is 17.6. The van der Waals surface area contributed by atoms with E-state index in [9.17, 15) is 4.79 Å². The third kappa shape index (κ3) is 4.45. The summed E-state index contributed by atoms with van der Waals surface area (Å²) >= 11 is 1.21. The lowest BCUT2D eigenvalue weighted by atomic mass is 10.2. The average molecular weight is 363 g/mol. The second-order valence-electron chi connectivity index (χ2n) is 5.64. The van der Waals surface area contributed by atoms with Crippen molar-refractivity contribution in [3.05, 3.63) is 30.2 Å². The normalized spacial score (nSPS) is 16.0. The molecule has 0 radical (unpaired) electrons. The minimum absolute atomic E-state index is 0.0374. The summed E-state index contributed by atoms with van der Waals surface area (Å²) in [6.45, 7) is 4.41. The predicted octanol–water partition coefficient (Wildman–Crippen LogP) is 2.98. The summed E-state index contributed by atoms with van der Waals surface area (Å²) < 4.78 is 17.1. The van der Waals surface area contributed by atoms with Gasteiger partial charge in [0.05, 0.1) is 5.75 Å². The molecule has 1 N–H and O–H groups in total. The Balaban J connectivity index is 1.54. The van der Waals surface area contributed by atoms with Gasteiger partial charge in [0.15, 0.2) is 11.5 Å². The molecule has 8 heteroatoms. The second kappa shape index (κ2) is 8.24. The molecule has 1 amide bonds. The van der Waals surface area contributed by atoms with Gasteiger partial charge < -0.3 is 19.2 Å². The number of ether oxygens (including phenoxy) is 2. The Morgan fingerprint density at radius 2 is 2.04 bits per heavy atom. The van der Waals surface area contributed by atoms with Crippen molar-refractivity contribution < 1.29 is 18.7 Å². The van der Waals surface area contributed by atoms with Gasteiger partial charge in [-0.2, -0.15) is 0 Å². The minimum atomic E-state index is -0.449. The summed E-state index contributed by atoms with van der Waals surface area (Å²) in [7, 11) is 0. The van der Waals surface area contributed by atoms with Gasteiger partial charge in [-0.3, -0.25) is 4.79 Å². The van der Waals surface area contributed by atoms with E-state index in [1.54, 1.807) is 0 Å². The molecule has 1 atom stereocenters. The number of hydrogen-bond donors (Lipinski definition) is 1. The predicted molar refractivity (Wildman–Crippen MR) is 92.8 cm³/mol. The van der Waals surface area contributed by atoms with Crippen LogP contribution in [0.2, 0.25) is 0 Å². The van der Waals surface area contributed by atoms with Gasteiger partial charge in [-0.25, -0.2) is 0 Å². The highest BCUT2D eigenvalue weighted by Crippen LogP contribution is 2.35. The molecule has 0 saturated heterocycles. The zero-order valence-electron chi connectivity index (χ0n) is 14.2. The van der Waals surface area contributed by atoms with Gasteiger partial charge in [-0.05, 0) is 25.0 Å². The Hall–Kier alpha value is -2.22. The number of aromatic nitrogens is 2. The average Bonchev–Trinajstić information content (AvgIpc) is 3.13. The summed E-state index contributed by atoms with van der Waals surface area (Å²) in [6, 6.07) is 7.64. The van der Waals surface area contributed by atoms with Crippen LogP contribution in [0.3, 0.4) is 0 Å². The smallest absolute Gasteiger partial charge is 0.277 e. The standard InChI is InChI=1S/C17H21N3O4S/c1-3-11(4-2)18-15(21)10-25-17-20-19-16(24-17)14-9-22-12-7-5-6-8-13(12)23-14/h5-8,11,14H,3-4,9-10H2,1-2H3,(H,18,21)/t14-/m0/s1. The molecule has 1 aromatic carbocycles. The van der Waals surface area contributed by atoms with Gasteiger partial charge in [0.2, 0.25) is 12.0 Å². The first-order chi connectivity index (χ1) is 12.2. The number of para-hydroxylation sites is 2. The van der Waals surface area contributed by atoms with E-state index < -0.39 is 6.10 Å². The van der Waals surface area contributed by atoms with Crippen molar-refractivity contribution in [2.45, 2.75) is 44.1 Å². The number of benzene rings is 1. The molecule has 3 rings (SSSR count). The fraction of sp³-hybridized carbons (Fsp3) is 0.471. The van der Waals surface area contributed by atoms with Crippen LogP contribution in [0.1, 0.15) is 38.7 Å². The lowest BCUT2D eigenvalue weighted by Crippen LogP contribution is -2.34. The Labute approximate surface area is 150 Å². The summed E-state index contributed by atoms with van der Waals surface area (Å²) in [6.07, 6.45) is 1.38. The summed E-state index contributed by atoms with van der Waals surface area (Å²) in [5.41, 5.74) is 0. The number of thioether (sulfide) groups is 1. The van der Waals surface area contributed by atoms with Crippen LogP contribution in [-0.2, 0) is 4.79 Å². The number of carbonyl (C=O) groups excluding carboxylic acids is 1. The zero-order valence-corrected chi connectivity index (χ0v) is 15.0. The first-order valence-corrected chi connectivity index (χ1v) is 9.32. The van der Waals surface area contributed by atoms with E-state index >= 15 is 0 Å². The largest absolute Gasteiger partial charge is 0.485 e. The molecule has 1 aromatic heterocycles. The second-order valence-corrected chi connectivity index (χ2v) is 6.57. The molecular weight excluding hydrogens is 342 g/mol. The highest BCUT2D eigenvalue weighted by Gasteiger charge is 2.27. The molecule has 2 heterocycles. The third-order valence-corrected chi connectivity index (χ3v) is 4.70. The van der Waals surface area contributed by atoms with Gasteiger partial charge in [0.1, 0.15) is 6.61 Å². The summed E-state index contributed by atoms with van der Waals surface area (Å²) in [4.78, 5) is 11.9. The number of carbonyl (C=O) groups is 1. The van der Waals surface area contributed by atoms with Crippen LogP contribution in [0.25, 0.3) is 0 Å². The molecule has 0 unspecified atom stereocenters. The van der Waals surface area contributed by atoms with Gasteiger partial charge >= 0.3 is 0 Å². The molecule has 0 spiro atoms. The van der Waals surface area contributed by atoms with Crippen molar-refractivity contribution in [2.75, 3.05) is 12.4 Å². The monoisotopic (exact) mass is 363 g/mol. The van der Waals surface area contributed by atoms with Crippen LogP contribution in [0.5, 0.6) is 11.5 Å². The van der Waals surface area contributed by atoms with E-state index in [1.165, 1.54) is 11.8 Å². The maximum atomic E-state index is 11.9. The molecule has 25 heavy (non-hydrogen) atoms. The zero-order chi connectivity index (χ0) is 17.6. The fourth-order valence-corrected chi connectivity index (χ4v) is 3.02. The summed E-state index contributed by atoms with van der Waals surface area (Å²) in [5, 5.41) is 11.3. The van der Waals surface area contributed by atoms with Crippen LogP contribution in [0.4, 0.5) is 0 Å². The van der Waals surface area contributed by atoms with Gasteiger partial charge in [-0.1, -0.05) is 37.7 Å². The van der Waals surface area contributed by atoms with Crippen molar-refractivity contribution in [3.63, 3.8) is 0 Å². The molecule has 0 aliphatic carbocycles. The molecule has 0 saturated carbocycles. The van der Waals surface area contributed by atoms with E-state index in [0.29, 0.717) is 29.2 Å². The number of fused-ring (bicyclic) bond motifs is 1. The number of nitrogens with one attached hydrogen (secondary N) is 1. The SMILES string of the molecule is CCC(CC)NC(=O)CSc1nnc([C@@H]2COc3ccccc3O2)o1. The van der Waals surface area contributed by atoms with E-state index in [-0.39, 0.29) is 17.7 Å². The highest BCUT2D eigenvalue weighted by atomic mass is 32.2. The van der Waals surface area contributed by atoms with Crippen LogP contribution in [-0.4, -0.2) is 34.5 Å². The quantitative estimate of drug-likeness (QED) is 0.757. The maximum Gasteiger partial charge on any atom is 0.277 e. The van der Waals surface area contributed by atoms with Crippen molar-refractivity contribution in [3.8, 4) is 11.5 Å². The Kier molecular flexibility index (Phi) is 5.80. The third-order valence-electron chi connectivity index (χ3n) is 3.88. The van der Waals surface area contributed by atoms with Gasteiger partial charge in [0, 0.05) is 6.04 Å². The first-order valence-electron chi connectivity index (χ1n) is 8.33. The van der Waals surface area contributed by atoms with Crippen molar-refractivity contribution in [1.29, 1.82) is 0 Å². The highest BCUT2D eigenvalue weighted by molar-refractivity contribution is 7.99. The van der Waals surface area contributed by atoms with Gasteiger partial charge in [-0.15, -0.1) is 10.2 Å². The molecule has 7 nitrogen and oxygen atoms in total. The molecule has 2 aromatic rings. The number of amides is 1. The van der Waals surface area contributed by atoms with E-state index in [0.717, 1.165) is 12.8 Å². The van der Waals surface area contributed by atoms with E-state index in [2.05, 4.69) is 29.4 Å². The van der Waals surface area contributed by atoms with E-state index in [1.807, 2.05) is 24.3 Å². The number of rotatable bonds is 7. The van der Waals surface area contributed by atoms with Crippen molar-refractivity contribution in [1.82, 2.24) is 15.5 Å². The summed E-state index contributed by atoms with van der Waals surface area (Å²) in [5.74, 6) is 1.90. The minimum Gasteiger partial charge on any atom is -0.485 e.